The normalized spacial score (nSPS) is 13.1. The molecule has 0 aliphatic carbocycles. The highest BCUT2D eigenvalue weighted by atomic mass is 32.2. The molecule has 2 N–H and O–H groups in total. The smallest absolute Gasteiger partial charge is 0.307 e. The van der Waals surface area contributed by atoms with Crippen LogP contribution in [0.5, 0.6) is 0 Å². The highest BCUT2D eigenvalue weighted by Crippen LogP contribution is 2.12. The molecule has 1 rings (SSSR count). The third-order valence-electron chi connectivity index (χ3n) is 2.22. The van der Waals surface area contributed by atoms with Crippen LogP contribution in [0.25, 0.3) is 0 Å². The van der Waals surface area contributed by atoms with Crippen molar-refractivity contribution in [2.75, 3.05) is 10.5 Å². The molecule has 0 unspecified atom stereocenters. The predicted octanol–water partition coefficient (Wildman–Crippen LogP) is 1.46. The summed E-state index contributed by atoms with van der Waals surface area (Å²) in [5.41, 5.74) is 1.46. The van der Waals surface area contributed by atoms with Crippen LogP contribution in [0.2, 0.25) is 0 Å². The number of rotatable bonds is 5. The first-order valence-corrected chi connectivity index (χ1v) is 6.75. The van der Waals surface area contributed by atoms with Gasteiger partial charge in [0.15, 0.2) is 0 Å². The monoisotopic (exact) mass is 257 g/mol. The lowest BCUT2D eigenvalue weighted by Crippen LogP contribution is -2.25. The van der Waals surface area contributed by atoms with Crippen LogP contribution in [0.4, 0.5) is 5.69 Å². The second-order valence-electron chi connectivity index (χ2n) is 3.99. The van der Waals surface area contributed by atoms with Crippen molar-refractivity contribution in [3.8, 4) is 0 Å². The zero-order chi connectivity index (χ0) is 13.1. The van der Waals surface area contributed by atoms with Gasteiger partial charge in [-0.05, 0) is 19.1 Å². The highest BCUT2D eigenvalue weighted by Gasteiger charge is 2.20. The first-order chi connectivity index (χ1) is 7.80. The number of carboxylic acids is 1. The quantitative estimate of drug-likeness (QED) is 0.836. The van der Waals surface area contributed by atoms with Gasteiger partial charge in [-0.25, -0.2) is 8.42 Å². The van der Waals surface area contributed by atoms with Gasteiger partial charge in [-0.2, -0.15) is 0 Å². The summed E-state index contributed by atoms with van der Waals surface area (Å²) in [6, 6.07) is 6.83. The Bertz CT molecular complexity index is 493. The van der Waals surface area contributed by atoms with Crippen molar-refractivity contribution in [3.05, 3.63) is 29.8 Å². The third-order valence-corrected chi connectivity index (χ3v) is 3.70. The van der Waals surface area contributed by atoms with Gasteiger partial charge in [0.05, 0.1) is 11.7 Å². The lowest BCUT2D eigenvalue weighted by Gasteiger charge is -2.10. The molecule has 0 saturated carbocycles. The zero-order valence-corrected chi connectivity index (χ0v) is 10.5. The Morgan fingerprint density at radius 2 is 1.88 bits per heavy atom. The van der Waals surface area contributed by atoms with Gasteiger partial charge in [0.1, 0.15) is 0 Å². The lowest BCUT2D eigenvalue weighted by atomic mass is 10.2. The summed E-state index contributed by atoms with van der Waals surface area (Å²) in [4.78, 5) is 10.6. The third kappa shape index (κ3) is 4.44. The number of aliphatic carboxylic acids is 1. The molecule has 1 aromatic rings. The van der Waals surface area contributed by atoms with E-state index in [1.165, 1.54) is 6.92 Å². The fourth-order valence-electron chi connectivity index (χ4n) is 1.24. The Labute approximate surface area is 101 Å². The van der Waals surface area contributed by atoms with Crippen molar-refractivity contribution in [1.82, 2.24) is 0 Å². The number of nitrogens with one attached hydrogen (secondary N) is 1. The van der Waals surface area contributed by atoms with E-state index in [0.29, 0.717) is 5.69 Å². The van der Waals surface area contributed by atoms with E-state index in [4.69, 9.17) is 5.11 Å². The second-order valence-corrected chi connectivity index (χ2v) is 5.76. The molecule has 6 heteroatoms. The first kappa shape index (κ1) is 13.5. The van der Waals surface area contributed by atoms with E-state index in [9.17, 15) is 13.2 Å². The van der Waals surface area contributed by atoms with Crippen molar-refractivity contribution in [1.29, 1.82) is 0 Å². The van der Waals surface area contributed by atoms with Crippen LogP contribution in [0, 0.1) is 12.8 Å². The number of anilines is 1. The summed E-state index contributed by atoms with van der Waals surface area (Å²) in [7, 11) is -3.62. The molecule has 0 aliphatic heterocycles. The largest absolute Gasteiger partial charge is 0.481 e. The van der Waals surface area contributed by atoms with Gasteiger partial charge in [-0.3, -0.25) is 9.52 Å². The minimum atomic E-state index is -3.62. The molecule has 0 aliphatic rings. The predicted molar refractivity (Wildman–Crippen MR) is 65.4 cm³/mol. The topological polar surface area (TPSA) is 83.5 Å². The molecule has 1 aromatic carbocycles. The SMILES string of the molecule is Cc1ccc(NS(=O)(=O)C[C@H](C)C(=O)O)cc1. The molecule has 0 fully saturated rings. The average Bonchev–Trinajstić information content (AvgIpc) is 2.20. The molecule has 5 nitrogen and oxygen atoms in total. The van der Waals surface area contributed by atoms with Gasteiger partial charge in [0.2, 0.25) is 10.0 Å². The molecule has 0 bridgehead atoms. The van der Waals surface area contributed by atoms with E-state index < -0.39 is 27.7 Å². The Morgan fingerprint density at radius 3 is 2.35 bits per heavy atom. The number of hydrogen-bond donors (Lipinski definition) is 2. The van der Waals surface area contributed by atoms with Crippen LogP contribution in [0.1, 0.15) is 12.5 Å². The molecule has 0 heterocycles. The van der Waals surface area contributed by atoms with E-state index in [0.717, 1.165) is 5.56 Å². The summed E-state index contributed by atoms with van der Waals surface area (Å²) in [6.45, 7) is 3.25. The minimum absolute atomic E-state index is 0.434. The van der Waals surface area contributed by atoms with Crippen molar-refractivity contribution < 1.29 is 18.3 Å². The van der Waals surface area contributed by atoms with Crippen LogP contribution < -0.4 is 4.72 Å². The number of hydrogen-bond acceptors (Lipinski definition) is 3. The molecule has 17 heavy (non-hydrogen) atoms. The van der Waals surface area contributed by atoms with E-state index >= 15 is 0 Å². The zero-order valence-electron chi connectivity index (χ0n) is 9.67. The van der Waals surface area contributed by atoms with Crippen molar-refractivity contribution >= 4 is 21.7 Å². The fraction of sp³-hybridized carbons (Fsp3) is 0.364. The molecule has 1 atom stereocenters. The molecular weight excluding hydrogens is 242 g/mol. The van der Waals surface area contributed by atoms with Gasteiger partial charge in [-0.1, -0.05) is 24.6 Å². The summed E-state index contributed by atoms with van der Waals surface area (Å²) in [5.74, 6) is -2.49. The van der Waals surface area contributed by atoms with Crippen LogP contribution in [-0.2, 0) is 14.8 Å². The summed E-state index contributed by atoms with van der Waals surface area (Å²) in [5, 5.41) is 8.66. The Balaban J connectivity index is 2.73. The number of carboxylic acid groups (broad SMARTS) is 1. The summed E-state index contributed by atoms with van der Waals surface area (Å²) >= 11 is 0. The molecule has 0 aromatic heterocycles. The average molecular weight is 257 g/mol. The molecule has 0 radical (unpaired) electrons. The second kappa shape index (κ2) is 5.18. The number of sulfonamides is 1. The van der Waals surface area contributed by atoms with Crippen LogP contribution in [0.15, 0.2) is 24.3 Å². The standard InChI is InChI=1S/C11H15NO4S/c1-8-3-5-10(6-4-8)12-17(15,16)7-9(2)11(13)14/h3-6,9,12H,7H2,1-2H3,(H,13,14)/t9-/m0/s1. The van der Waals surface area contributed by atoms with Crippen molar-refractivity contribution in [3.63, 3.8) is 0 Å². The van der Waals surface area contributed by atoms with E-state index in [-0.39, 0.29) is 0 Å². The first-order valence-electron chi connectivity index (χ1n) is 5.10. The van der Waals surface area contributed by atoms with Crippen LogP contribution in [0.3, 0.4) is 0 Å². The Kier molecular flexibility index (Phi) is 4.11. The van der Waals surface area contributed by atoms with E-state index in [1.54, 1.807) is 24.3 Å². The minimum Gasteiger partial charge on any atom is -0.481 e. The Hall–Kier alpha value is -1.56. The van der Waals surface area contributed by atoms with E-state index in [1.807, 2.05) is 6.92 Å². The number of benzene rings is 1. The molecule has 0 saturated heterocycles. The summed E-state index contributed by atoms with van der Waals surface area (Å²) < 4.78 is 25.6. The lowest BCUT2D eigenvalue weighted by molar-refractivity contribution is -0.140. The maximum Gasteiger partial charge on any atom is 0.307 e. The van der Waals surface area contributed by atoms with Crippen molar-refractivity contribution in [2.45, 2.75) is 13.8 Å². The molecular formula is C11H15NO4S. The number of aryl methyl sites for hydroxylation is 1. The maximum absolute atomic E-state index is 11.6. The highest BCUT2D eigenvalue weighted by molar-refractivity contribution is 7.92. The Morgan fingerprint density at radius 1 is 1.35 bits per heavy atom. The fourth-order valence-corrected chi connectivity index (χ4v) is 2.62. The van der Waals surface area contributed by atoms with Crippen molar-refractivity contribution in [2.24, 2.45) is 5.92 Å². The van der Waals surface area contributed by atoms with Gasteiger partial charge >= 0.3 is 5.97 Å². The number of carbonyl (C=O) groups is 1. The molecule has 0 spiro atoms. The maximum atomic E-state index is 11.6. The van der Waals surface area contributed by atoms with Crippen LogP contribution in [-0.4, -0.2) is 25.2 Å². The molecule has 0 amide bonds. The summed E-state index contributed by atoms with van der Waals surface area (Å²) in [6.07, 6.45) is 0. The van der Waals surface area contributed by atoms with E-state index in [2.05, 4.69) is 4.72 Å². The van der Waals surface area contributed by atoms with Gasteiger partial charge in [0.25, 0.3) is 0 Å². The molecule has 94 valence electrons. The van der Waals surface area contributed by atoms with Gasteiger partial charge in [-0.15, -0.1) is 0 Å². The van der Waals surface area contributed by atoms with Gasteiger partial charge in [0, 0.05) is 5.69 Å². The van der Waals surface area contributed by atoms with Gasteiger partial charge < -0.3 is 5.11 Å². The van der Waals surface area contributed by atoms with Crippen LogP contribution >= 0.6 is 0 Å².